The van der Waals surface area contributed by atoms with Gasteiger partial charge in [0.05, 0.1) is 35.8 Å². The van der Waals surface area contributed by atoms with E-state index in [9.17, 15) is 9.59 Å². The van der Waals surface area contributed by atoms with Gasteiger partial charge in [0.25, 0.3) is 0 Å². The Bertz CT molecular complexity index is 648. The van der Waals surface area contributed by atoms with Crippen LogP contribution in [0.3, 0.4) is 0 Å². The van der Waals surface area contributed by atoms with E-state index in [0.717, 1.165) is 4.47 Å². The third kappa shape index (κ3) is 5.51. The number of esters is 1. The fourth-order valence-corrected chi connectivity index (χ4v) is 3.81. The molecule has 0 aromatic heterocycles. The average molecular weight is 448 g/mol. The number of halogens is 2. The molecule has 6 nitrogen and oxygen atoms in total. The summed E-state index contributed by atoms with van der Waals surface area (Å²) in [5.41, 5.74) is 0.668. The first-order valence-electron chi connectivity index (χ1n) is 8.76. The van der Waals surface area contributed by atoms with Gasteiger partial charge in [-0.25, -0.2) is 0 Å². The number of carbonyl (C=O) groups is 2. The molecule has 1 fully saturated rings. The number of carbonyl (C=O) groups excluding carboxylic acids is 2. The predicted octanol–water partition coefficient (Wildman–Crippen LogP) is 3.71. The molecule has 0 radical (unpaired) electrons. The maximum Gasteiger partial charge on any atom is 0.309 e. The molecule has 2 rings (SSSR count). The normalized spacial score (nSPS) is 14.8. The molecule has 0 saturated carbocycles. The monoisotopic (exact) mass is 446 g/mol. The Hall–Kier alpha value is -1.47. The number of amides is 1. The molecule has 1 aromatic rings. The highest BCUT2D eigenvalue weighted by molar-refractivity contribution is 9.10. The number of ether oxygens (including phenoxy) is 2. The van der Waals surface area contributed by atoms with E-state index in [2.05, 4.69) is 21.2 Å². The standard InChI is InChI=1S/C18H24BrClN2O4/c1-3-25-17-14(19)9-13(20)10-15(17)21-11-16(23)22-7-5-12(6-8-22)18(24)26-4-2/h9-10,12,21H,3-8,11H2,1-2H3. The van der Waals surface area contributed by atoms with E-state index in [0.29, 0.717) is 55.6 Å². The van der Waals surface area contributed by atoms with E-state index in [1.54, 1.807) is 24.0 Å². The Morgan fingerprint density at radius 3 is 2.58 bits per heavy atom. The van der Waals surface area contributed by atoms with Crippen molar-refractivity contribution in [1.29, 1.82) is 0 Å². The fourth-order valence-electron chi connectivity index (χ4n) is 2.89. The molecular weight excluding hydrogens is 424 g/mol. The molecule has 1 aromatic carbocycles. The molecule has 0 aliphatic carbocycles. The van der Waals surface area contributed by atoms with Gasteiger partial charge in [-0.2, -0.15) is 0 Å². The van der Waals surface area contributed by atoms with Crippen molar-refractivity contribution < 1.29 is 19.1 Å². The van der Waals surface area contributed by atoms with Crippen molar-refractivity contribution in [3.63, 3.8) is 0 Å². The van der Waals surface area contributed by atoms with Crippen LogP contribution in [-0.4, -0.2) is 49.6 Å². The molecular formula is C18H24BrClN2O4. The summed E-state index contributed by atoms with van der Waals surface area (Å²) in [5.74, 6) is 0.333. The summed E-state index contributed by atoms with van der Waals surface area (Å²) < 4.78 is 11.4. The van der Waals surface area contributed by atoms with E-state index < -0.39 is 0 Å². The molecule has 1 aliphatic heterocycles. The summed E-state index contributed by atoms with van der Waals surface area (Å²) in [6.07, 6.45) is 1.27. The largest absolute Gasteiger partial charge is 0.491 e. The summed E-state index contributed by atoms with van der Waals surface area (Å²) in [7, 11) is 0. The maximum atomic E-state index is 12.5. The molecule has 144 valence electrons. The molecule has 0 unspecified atom stereocenters. The number of nitrogens with one attached hydrogen (secondary N) is 1. The highest BCUT2D eigenvalue weighted by atomic mass is 79.9. The molecule has 0 bridgehead atoms. The van der Waals surface area contributed by atoms with Gasteiger partial charge in [-0.05, 0) is 54.8 Å². The number of benzene rings is 1. The van der Waals surface area contributed by atoms with E-state index in [4.69, 9.17) is 21.1 Å². The molecule has 1 aliphatic rings. The zero-order valence-electron chi connectivity index (χ0n) is 15.0. The number of likely N-dealkylation sites (tertiary alicyclic amines) is 1. The van der Waals surface area contributed by atoms with Gasteiger partial charge in [-0.3, -0.25) is 9.59 Å². The molecule has 0 spiro atoms. The van der Waals surface area contributed by atoms with Crippen LogP contribution in [0.5, 0.6) is 5.75 Å². The van der Waals surface area contributed by atoms with Crippen LogP contribution in [0.25, 0.3) is 0 Å². The van der Waals surface area contributed by atoms with Gasteiger partial charge in [-0.15, -0.1) is 0 Å². The topological polar surface area (TPSA) is 67.9 Å². The molecule has 0 atom stereocenters. The first-order valence-corrected chi connectivity index (χ1v) is 9.93. The minimum absolute atomic E-state index is 0.0224. The van der Waals surface area contributed by atoms with Crippen LogP contribution < -0.4 is 10.1 Å². The van der Waals surface area contributed by atoms with Crippen molar-refractivity contribution in [2.75, 3.05) is 38.2 Å². The van der Waals surface area contributed by atoms with Gasteiger partial charge >= 0.3 is 5.97 Å². The fraction of sp³-hybridized carbons (Fsp3) is 0.556. The lowest BCUT2D eigenvalue weighted by molar-refractivity contribution is -0.151. The second kappa shape index (κ2) is 10.0. The summed E-state index contributed by atoms with van der Waals surface area (Å²) in [5, 5.41) is 3.66. The number of hydrogen-bond donors (Lipinski definition) is 1. The van der Waals surface area contributed by atoms with Crippen LogP contribution in [0.2, 0.25) is 5.02 Å². The number of hydrogen-bond acceptors (Lipinski definition) is 5. The first kappa shape index (κ1) is 20.8. The van der Waals surface area contributed by atoms with E-state index in [1.165, 1.54) is 0 Å². The van der Waals surface area contributed by atoms with Gasteiger partial charge in [0.15, 0.2) is 5.75 Å². The molecule has 26 heavy (non-hydrogen) atoms. The van der Waals surface area contributed by atoms with Gasteiger partial charge in [0.2, 0.25) is 5.91 Å². The first-order chi connectivity index (χ1) is 12.5. The van der Waals surface area contributed by atoms with Crippen molar-refractivity contribution in [3.05, 3.63) is 21.6 Å². The summed E-state index contributed by atoms with van der Waals surface area (Å²) in [6, 6.07) is 3.48. The highest BCUT2D eigenvalue weighted by Crippen LogP contribution is 2.36. The van der Waals surface area contributed by atoms with E-state index in [1.807, 2.05) is 6.92 Å². The quantitative estimate of drug-likeness (QED) is 0.645. The second-order valence-corrected chi connectivity index (χ2v) is 7.25. The Balaban J connectivity index is 1.91. The van der Waals surface area contributed by atoms with Crippen molar-refractivity contribution in [2.24, 2.45) is 5.92 Å². The molecule has 1 amide bonds. The van der Waals surface area contributed by atoms with E-state index >= 15 is 0 Å². The summed E-state index contributed by atoms with van der Waals surface area (Å²) >= 11 is 9.52. The Kier molecular flexibility index (Phi) is 8.03. The van der Waals surface area contributed by atoms with Crippen LogP contribution in [0.4, 0.5) is 5.69 Å². The highest BCUT2D eigenvalue weighted by Gasteiger charge is 2.28. The minimum atomic E-state index is -0.164. The molecule has 1 heterocycles. The van der Waals surface area contributed by atoms with Crippen molar-refractivity contribution in [2.45, 2.75) is 26.7 Å². The molecule has 8 heteroatoms. The van der Waals surface area contributed by atoms with E-state index in [-0.39, 0.29) is 24.3 Å². The van der Waals surface area contributed by atoms with Crippen molar-refractivity contribution in [3.8, 4) is 5.75 Å². The van der Waals surface area contributed by atoms with Crippen molar-refractivity contribution >= 4 is 45.1 Å². The number of nitrogens with zero attached hydrogens (tertiary/aromatic N) is 1. The third-order valence-electron chi connectivity index (χ3n) is 4.19. The van der Waals surface area contributed by atoms with Crippen LogP contribution in [0, 0.1) is 5.92 Å². The lowest BCUT2D eigenvalue weighted by atomic mass is 9.97. The lowest BCUT2D eigenvalue weighted by Gasteiger charge is -2.31. The second-order valence-electron chi connectivity index (χ2n) is 5.96. The molecule has 1 saturated heterocycles. The number of rotatable bonds is 7. The smallest absolute Gasteiger partial charge is 0.309 e. The zero-order chi connectivity index (χ0) is 19.1. The van der Waals surface area contributed by atoms with Crippen molar-refractivity contribution in [1.82, 2.24) is 4.90 Å². The Labute approximate surface area is 167 Å². The number of piperidine rings is 1. The Morgan fingerprint density at radius 2 is 1.96 bits per heavy atom. The zero-order valence-corrected chi connectivity index (χ0v) is 17.4. The number of anilines is 1. The Morgan fingerprint density at radius 1 is 1.27 bits per heavy atom. The lowest BCUT2D eigenvalue weighted by Crippen LogP contribution is -2.43. The summed E-state index contributed by atoms with van der Waals surface area (Å²) in [4.78, 5) is 26.0. The van der Waals surface area contributed by atoms with Gasteiger partial charge in [-0.1, -0.05) is 11.6 Å². The van der Waals surface area contributed by atoms with Crippen LogP contribution in [-0.2, 0) is 14.3 Å². The van der Waals surface area contributed by atoms with Crippen LogP contribution >= 0.6 is 27.5 Å². The van der Waals surface area contributed by atoms with Crippen LogP contribution in [0.1, 0.15) is 26.7 Å². The van der Waals surface area contributed by atoms with Gasteiger partial charge < -0.3 is 19.7 Å². The maximum absolute atomic E-state index is 12.5. The summed E-state index contributed by atoms with van der Waals surface area (Å²) in [6.45, 7) is 5.83. The predicted molar refractivity (Wildman–Crippen MR) is 105 cm³/mol. The van der Waals surface area contributed by atoms with Crippen LogP contribution in [0.15, 0.2) is 16.6 Å². The van der Waals surface area contributed by atoms with Gasteiger partial charge in [0, 0.05) is 18.1 Å². The third-order valence-corrected chi connectivity index (χ3v) is 5.00. The van der Waals surface area contributed by atoms with Gasteiger partial charge in [0.1, 0.15) is 0 Å². The minimum Gasteiger partial charge on any atom is -0.491 e. The SMILES string of the molecule is CCOC(=O)C1CCN(C(=O)CNc2cc(Cl)cc(Br)c2OCC)CC1. The average Bonchev–Trinajstić information content (AvgIpc) is 2.62. The molecule has 1 N–H and O–H groups in total.